The lowest BCUT2D eigenvalue weighted by Crippen LogP contribution is -2.07. The quantitative estimate of drug-likeness (QED) is 0.860. The maximum absolute atomic E-state index is 5.96. The molecule has 2 aromatic rings. The third-order valence-corrected chi connectivity index (χ3v) is 3.74. The summed E-state index contributed by atoms with van der Waals surface area (Å²) in [6, 6.07) is 9.78. The Morgan fingerprint density at radius 3 is 2.84 bits per heavy atom. The Balaban J connectivity index is 2.06. The molecule has 3 nitrogen and oxygen atoms in total. The second-order valence-corrected chi connectivity index (χ2v) is 5.69. The number of halogens is 1. The van der Waals surface area contributed by atoms with Gasteiger partial charge in [-0.2, -0.15) is 0 Å². The molecule has 1 aromatic carbocycles. The van der Waals surface area contributed by atoms with Gasteiger partial charge in [0, 0.05) is 27.7 Å². The summed E-state index contributed by atoms with van der Waals surface area (Å²) < 4.78 is 0. The highest BCUT2D eigenvalue weighted by atomic mass is 35.5. The molecule has 0 aliphatic heterocycles. The number of benzene rings is 1. The van der Waals surface area contributed by atoms with Gasteiger partial charge in [0.05, 0.1) is 5.75 Å². The Bertz CT molecular complexity index is 560. The highest BCUT2D eigenvalue weighted by Gasteiger charge is 2.03. The van der Waals surface area contributed by atoms with Gasteiger partial charge in [0.2, 0.25) is 0 Å². The van der Waals surface area contributed by atoms with Crippen LogP contribution in [0.4, 0.5) is 0 Å². The lowest BCUT2D eigenvalue weighted by atomic mass is 10.2. The predicted molar refractivity (Wildman–Crippen MR) is 80.5 cm³/mol. The van der Waals surface area contributed by atoms with Gasteiger partial charge in [0.15, 0.2) is 0 Å². The molecule has 5 heteroatoms. The van der Waals surface area contributed by atoms with Gasteiger partial charge in [0.25, 0.3) is 0 Å². The standard InChI is InChI=1S/C14H16ClN3S/c1-10-7-12(5-6-16)18-14(17-10)9-19-13-4-2-3-11(15)8-13/h2-4,7-8H,5-6,9,16H2,1H3. The van der Waals surface area contributed by atoms with Crippen molar-refractivity contribution in [3.63, 3.8) is 0 Å². The Morgan fingerprint density at radius 1 is 1.26 bits per heavy atom. The summed E-state index contributed by atoms with van der Waals surface area (Å²) in [5, 5.41) is 0.749. The number of aryl methyl sites for hydroxylation is 1. The second-order valence-electron chi connectivity index (χ2n) is 4.20. The average molecular weight is 294 g/mol. The Labute approximate surface area is 122 Å². The zero-order valence-electron chi connectivity index (χ0n) is 10.8. The van der Waals surface area contributed by atoms with Crippen molar-refractivity contribution in [3.05, 3.63) is 52.6 Å². The van der Waals surface area contributed by atoms with Gasteiger partial charge >= 0.3 is 0 Å². The summed E-state index contributed by atoms with van der Waals surface area (Å²) >= 11 is 7.64. The van der Waals surface area contributed by atoms with Crippen LogP contribution in [0.3, 0.4) is 0 Å². The van der Waals surface area contributed by atoms with E-state index >= 15 is 0 Å². The Kier molecular flexibility index (Phi) is 5.19. The van der Waals surface area contributed by atoms with E-state index in [-0.39, 0.29) is 0 Å². The van der Waals surface area contributed by atoms with E-state index in [1.54, 1.807) is 11.8 Å². The van der Waals surface area contributed by atoms with Crippen LogP contribution in [0.25, 0.3) is 0 Å². The molecular formula is C14H16ClN3S. The number of aromatic nitrogens is 2. The van der Waals surface area contributed by atoms with Crippen LogP contribution in [0.2, 0.25) is 5.02 Å². The zero-order valence-corrected chi connectivity index (χ0v) is 12.3. The Morgan fingerprint density at radius 2 is 2.11 bits per heavy atom. The van der Waals surface area contributed by atoms with Gasteiger partial charge in [-0.3, -0.25) is 0 Å². The molecule has 0 fully saturated rings. The van der Waals surface area contributed by atoms with E-state index in [2.05, 4.69) is 9.97 Å². The van der Waals surface area contributed by atoms with Gasteiger partial charge < -0.3 is 5.73 Å². The van der Waals surface area contributed by atoms with Crippen LogP contribution in [0, 0.1) is 6.92 Å². The molecule has 0 amide bonds. The van der Waals surface area contributed by atoms with Crippen LogP contribution < -0.4 is 5.73 Å². The van der Waals surface area contributed by atoms with Crippen molar-refractivity contribution in [3.8, 4) is 0 Å². The molecule has 1 heterocycles. The largest absolute Gasteiger partial charge is 0.330 e. The molecule has 0 bridgehead atoms. The van der Waals surface area contributed by atoms with E-state index in [0.717, 1.165) is 39.3 Å². The van der Waals surface area contributed by atoms with Crippen molar-refractivity contribution in [2.75, 3.05) is 6.54 Å². The molecule has 0 aliphatic rings. The Hall–Kier alpha value is -1.10. The van der Waals surface area contributed by atoms with E-state index in [1.807, 2.05) is 37.3 Å². The first-order valence-corrected chi connectivity index (χ1v) is 7.45. The third-order valence-electron chi connectivity index (χ3n) is 2.52. The van der Waals surface area contributed by atoms with E-state index < -0.39 is 0 Å². The second kappa shape index (κ2) is 6.89. The highest BCUT2D eigenvalue weighted by Crippen LogP contribution is 2.24. The molecule has 19 heavy (non-hydrogen) atoms. The number of nitrogens with zero attached hydrogens (tertiary/aromatic N) is 2. The van der Waals surface area contributed by atoms with Crippen LogP contribution in [0.1, 0.15) is 17.2 Å². The van der Waals surface area contributed by atoms with Crippen LogP contribution in [0.15, 0.2) is 35.2 Å². The van der Waals surface area contributed by atoms with Crippen LogP contribution in [-0.4, -0.2) is 16.5 Å². The predicted octanol–water partition coefficient (Wildman–Crippen LogP) is 3.23. The van der Waals surface area contributed by atoms with Gasteiger partial charge in [-0.15, -0.1) is 11.8 Å². The lowest BCUT2D eigenvalue weighted by molar-refractivity contribution is 0.871. The number of hydrogen-bond donors (Lipinski definition) is 1. The van der Waals surface area contributed by atoms with Crippen molar-refractivity contribution < 1.29 is 0 Å². The number of thioether (sulfide) groups is 1. The summed E-state index contributed by atoms with van der Waals surface area (Å²) in [5.74, 6) is 1.58. The molecule has 0 saturated carbocycles. The molecule has 1 aromatic heterocycles. The molecular weight excluding hydrogens is 278 g/mol. The van der Waals surface area contributed by atoms with Crippen molar-refractivity contribution in [1.82, 2.24) is 9.97 Å². The number of nitrogens with two attached hydrogens (primary N) is 1. The summed E-state index contributed by atoms with van der Waals surface area (Å²) in [7, 11) is 0. The maximum Gasteiger partial charge on any atom is 0.139 e. The van der Waals surface area contributed by atoms with Crippen LogP contribution in [-0.2, 0) is 12.2 Å². The van der Waals surface area contributed by atoms with Crippen LogP contribution >= 0.6 is 23.4 Å². The van der Waals surface area contributed by atoms with Gasteiger partial charge in [-0.05, 0) is 37.7 Å². The molecule has 0 unspecified atom stereocenters. The van der Waals surface area contributed by atoms with Gasteiger partial charge in [-0.1, -0.05) is 17.7 Å². The fraction of sp³-hybridized carbons (Fsp3) is 0.286. The van der Waals surface area contributed by atoms with Crippen molar-refractivity contribution in [1.29, 1.82) is 0 Å². The molecule has 0 atom stereocenters. The smallest absolute Gasteiger partial charge is 0.139 e. The third kappa shape index (κ3) is 4.49. The van der Waals surface area contributed by atoms with Gasteiger partial charge in [-0.25, -0.2) is 9.97 Å². The number of hydrogen-bond acceptors (Lipinski definition) is 4. The molecule has 0 radical (unpaired) electrons. The fourth-order valence-electron chi connectivity index (χ4n) is 1.75. The summed E-state index contributed by atoms with van der Waals surface area (Å²) in [4.78, 5) is 10.1. The van der Waals surface area contributed by atoms with E-state index in [0.29, 0.717) is 6.54 Å². The zero-order chi connectivity index (χ0) is 13.7. The molecule has 2 N–H and O–H groups in total. The summed E-state index contributed by atoms with van der Waals surface area (Å²) in [6.45, 7) is 2.59. The molecule has 0 spiro atoms. The minimum absolute atomic E-state index is 0.608. The first-order valence-electron chi connectivity index (χ1n) is 6.09. The summed E-state index contributed by atoms with van der Waals surface area (Å²) in [6.07, 6.45) is 0.790. The topological polar surface area (TPSA) is 51.8 Å². The van der Waals surface area contributed by atoms with E-state index in [1.165, 1.54) is 0 Å². The van der Waals surface area contributed by atoms with E-state index in [4.69, 9.17) is 17.3 Å². The van der Waals surface area contributed by atoms with Crippen molar-refractivity contribution in [2.24, 2.45) is 5.73 Å². The normalized spacial score (nSPS) is 10.7. The molecule has 2 rings (SSSR count). The fourth-order valence-corrected chi connectivity index (χ4v) is 2.81. The number of rotatable bonds is 5. The summed E-state index contributed by atoms with van der Waals surface area (Å²) in [5.41, 5.74) is 7.56. The van der Waals surface area contributed by atoms with Crippen molar-refractivity contribution >= 4 is 23.4 Å². The molecule has 0 saturated heterocycles. The lowest BCUT2D eigenvalue weighted by Gasteiger charge is -2.05. The minimum atomic E-state index is 0.608. The minimum Gasteiger partial charge on any atom is -0.330 e. The van der Waals surface area contributed by atoms with Crippen LogP contribution in [0.5, 0.6) is 0 Å². The van der Waals surface area contributed by atoms with E-state index in [9.17, 15) is 0 Å². The van der Waals surface area contributed by atoms with Gasteiger partial charge in [0.1, 0.15) is 5.82 Å². The first kappa shape index (κ1) is 14.3. The highest BCUT2D eigenvalue weighted by molar-refractivity contribution is 7.98. The average Bonchev–Trinajstić information content (AvgIpc) is 2.36. The first-order chi connectivity index (χ1) is 9.17. The van der Waals surface area contributed by atoms with Crippen molar-refractivity contribution in [2.45, 2.75) is 24.0 Å². The molecule has 100 valence electrons. The monoisotopic (exact) mass is 293 g/mol. The molecule has 0 aliphatic carbocycles. The maximum atomic E-state index is 5.96. The SMILES string of the molecule is Cc1cc(CCN)nc(CSc2cccc(Cl)c2)n1.